The fourth-order valence-corrected chi connectivity index (χ4v) is 4.10. The van der Waals surface area contributed by atoms with Gasteiger partial charge in [-0.05, 0) is 24.3 Å². The van der Waals surface area contributed by atoms with Crippen LogP contribution < -0.4 is 5.32 Å². The third-order valence-electron chi connectivity index (χ3n) is 4.74. The van der Waals surface area contributed by atoms with Crippen molar-refractivity contribution in [1.82, 2.24) is 24.8 Å². The number of nitrogens with zero attached hydrogens (tertiary/aromatic N) is 4. The van der Waals surface area contributed by atoms with Crippen molar-refractivity contribution in [2.45, 2.75) is 31.0 Å². The van der Waals surface area contributed by atoms with Crippen LogP contribution in [0.3, 0.4) is 0 Å². The maximum absolute atomic E-state index is 11.5. The molecule has 9 heteroatoms. The van der Waals surface area contributed by atoms with Gasteiger partial charge in [-0.3, -0.25) is 24.2 Å². The van der Waals surface area contributed by atoms with Gasteiger partial charge >= 0.3 is 0 Å². The molecule has 0 fully saturated rings. The van der Waals surface area contributed by atoms with E-state index in [1.807, 2.05) is 36.4 Å². The Morgan fingerprint density at radius 1 is 1.10 bits per heavy atom. The number of rotatable bonds is 11. The summed E-state index contributed by atoms with van der Waals surface area (Å²) >= 11 is 1.46. The second kappa shape index (κ2) is 11.4. The molecule has 8 nitrogen and oxygen atoms in total. The first-order valence-electron chi connectivity index (χ1n) is 10.0. The van der Waals surface area contributed by atoms with Gasteiger partial charge in [-0.1, -0.05) is 12.1 Å². The molecule has 3 rings (SSSR count). The molecule has 0 aliphatic heterocycles. The molecule has 1 amide bonds. The van der Waals surface area contributed by atoms with Gasteiger partial charge in [-0.2, -0.15) is 0 Å². The lowest BCUT2D eigenvalue weighted by atomic mass is 10.3. The second-order valence-electron chi connectivity index (χ2n) is 6.97. The summed E-state index contributed by atoms with van der Waals surface area (Å²) in [6.45, 7) is 2.31. The Labute approximate surface area is 186 Å². The number of pyridine rings is 2. The molecule has 0 radical (unpaired) electrons. The molecule has 0 saturated heterocycles. The molecule has 0 saturated carbocycles. The van der Waals surface area contributed by atoms with Crippen LogP contribution >= 0.6 is 11.8 Å². The predicted octanol–water partition coefficient (Wildman–Crippen LogP) is 2.62. The molecule has 3 aromatic rings. The molecule has 0 aliphatic rings. The second-order valence-corrected chi connectivity index (χ2v) is 8.10. The Morgan fingerprint density at radius 2 is 1.74 bits per heavy atom. The Balaban J connectivity index is 1.61. The van der Waals surface area contributed by atoms with Crippen LogP contribution in [0.5, 0.6) is 11.8 Å². The first-order chi connectivity index (χ1) is 15.1. The molecule has 0 bridgehead atoms. The largest absolute Gasteiger partial charge is 0.494 e. The number of aromatic hydroxyl groups is 2. The third-order valence-corrected chi connectivity index (χ3v) is 5.74. The van der Waals surface area contributed by atoms with Crippen molar-refractivity contribution in [2.24, 2.45) is 0 Å². The number of carbonyl (C=O) groups is 1. The van der Waals surface area contributed by atoms with Gasteiger partial charge in [0.1, 0.15) is 0 Å². The van der Waals surface area contributed by atoms with E-state index >= 15 is 0 Å². The molecule has 31 heavy (non-hydrogen) atoms. The van der Waals surface area contributed by atoms with Gasteiger partial charge < -0.3 is 15.5 Å². The van der Waals surface area contributed by atoms with E-state index in [4.69, 9.17) is 0 Å². The van der Waals surface area contributed by atoms with Crippen LogP contribution in [0.2, 0.25) is 0 Å². The summed E-state index contributed by atoms with van der Waals surface area (Å²) in [6.07, 6.45) is 3.75. The Hall–Kier alpha value is -3.04. The smallest absolute Gasteiger partial charge is 0.221 e. The maximum atomic E-state index is 11.5. The van der Waals surface area contributed by atoms with Gasteiger partial charge in [-0.25, -0.2) is 0 Å². The van der Waals surface area contributed by atoms with Crippen molar-refractivity contribution in [2.75, 3.05) is 19.3 Å². The number of hydrogen-bond acceptors (Lipinski definition) is 7. The van der Waals surface area contributed by atoms with Crippen LogP contribution in [0.25, 0.3) is 0 Å². The van der Waals surface area contributed by atoms with Crippen molar-refractivity contribution in [3.05, 3.63) is 66.2 Å². The van der Waals surface area contributed by atoms with E-state index in [9.17, 15) is 15.0 Å². The maximum Gasteiger partial charge on any atom is 0.221 e. The Bertz CT molecular complexity index is 925. The highest BCUT2D eigenvalue weighted by atomic mass is 32.2. The highest BCUT2D eigenvalue weighted by Gasteiger charge is 2.16. The minimum Gasteiger partial charge on any atom is -0.494 e. The number of carbonyl (C=O) groups excluding carboxylic acids is 1. The predicted molar refractivity (Wildman–Crippen MR) is 120 cm³/mol. The van der Waals surface area contributed by atoms with Crippen LogP contribution in [-0.4, -0.2) is 54.9 Å². The monoisotopic (exact) mass is 441 g/mol. The van der Waals surface area contributed by atoms with Crippen molar-refractivity contribution >= 4 is 17.7 Å². The SMILES string of the molecule is CNC(=O)CCn1c(O)cc(SCCN(Cc2ccccn2)Cc2ccccn2)c1O. The molecule has 0 unspecified atom stereocenters. The van der Waals surface area contributed by atoms with Gasteiger partial charge in [0.05, 0.1) is 16.3 Å². The summed E-state index contributed by atoms with van der Waals surface area (Å²) in [5, 5.41) is 23.1. The summed E-state index contributed by atoms with van der Waals surface area (Å²) in [7, 11) is 1.56. The van der Waals surface area contributed by atoms with Gasteiger partial charge in [0.15, 0.2) is 5.88 Å². The van der Waals surface area contributed by atoms with E-state index in [1.165, 1.54) is 22.4 Å². The average molecular weight is 442 g/mol. The number of amides is 1. The van der Waals surface area contributed by atoms with E-state index in [2.05, 4.69) is 20.2 Å². The number of aromatic nitrogens is 3. The minimum atomic E-state index is -0.151. The molecular weight excluding hydrogens is 414 g/mol. The van der Waals surface area contributed by atoms with E-state index < -0.39 is 0 Å². The lowest BCUT2D eigenvalue weighted by Gasteiger charge is -2.21. The molecule has 3 aromatic heterocycles. The van der Waals surface area contributed by atoms with Crippen molar-refractivity contribution in [3.63, 3.8) is 0 Å². The number of nitrogens with one attached hydrogen (secondary N) is 1. The first-order valence-corrected chi connectivity index (χ1v) is 11.0. The molecule has 3 N–H and O–H groups in total. The lowest BCUT2D eigenvalue weighted by molar-refractivity contribution is -0.120. The standard InChI is InChI=1S/C22H27N5O3S/c1-23-20(28)8-11-27-21(29)14-19(22(27)30)31-13-12-26(15-17-6-2-4-9-24-17)16-18-7-3-5-10-25-18/h2-7,9-10,14,29-30H,8,11-13,15-16H2,1H3,(H,23,28). The topological polar surface area (TPSA) is 104 Å². The van der Waals surface area contributed by atoms with Crippen molar-refractivity contribution in [1.29, 1.82) is 0 Å². The Morgan fingerprint density at radius 3 is 2.29 bits per heavy atom. The van der Waals surface area contributed by atoms with E-state index in [0.717, 1.165) is 17.9 Å². The van der Waals surface area contributed by atoms with Crippen LogP contribution in [0.1, 0.15) is 17.8 Å². The molecule has 3 heterocycles. The molecular formula is C22H27N5O3S. The van der Waals surface area contributed by atoms with Crippen LogP contribution in [0.4, 0.5) is 0 Å². The number of thioether (sulfide) groups is 1. The van der Waals surface area contributed by atoms with Gasteiger partial charge in [-0.15, -0.1) is 11.8 Å². The summed E-state index contributed by atoms with van der Waals surface area (Å²) in [6, 6.07) is 13.3. The summed E-state index contributed by atoms with van der Waals surface area (Å²) in [5.41, 5.74) is 1.95. The third kappa shape index (κ3) is 6.73. The van der Waals surface area contributed by atoms with Crippen molar-refractivity contribution < 1.29 is 15.0 Å². The van der Waals surface area contributed by atoms with Gasteiger partial charge in [0.2, 0.25) is 11.8 Å². The summed E-state index contributed by atoms with van der Waals surface area (Å²) < 4.78 is 1.34. The zero-order valence-electron chi connectivity index (χ0n) is 17.4. The summed E-state index contributed by atoms with van der Waals surface area (Å²) in [5.74, 6) is 0.475. The molecule has 0 spiro atoms. The van der Waals surface area contributed by atoms with Crippen LogP contribution in [-0.2, 0) is 24.4 Å². The van der Waals surface area contributed by atoms with E-state index in [1.54, 1.807) is 19.4 Å². The zero-order valence-corrected chi connectivity index (χ0v) is 18.3. The number of hydrogen-bond donors (Lipinski definition) is 3. The molecule has 0 aromatic carbocycles. The fraction of sp³-hybridized carbons (Fsp3) is 0.318. The van der Waals surface area contributed by atoms with Crippen LogP contribution in [0, 0.1) is 0 Å². The highest BCUT2D eigenvalue weighted by molar-refractivity contribution is 7.99. The first kappa shape index (κ1) is 22.6. The normalized spacial score (nSPS) is 11.0. The minimum absolute atomic E-state index is 0.0209. The average Bonchev–Trinajstić information content (AvgIpc) is 3.06. The molecule has 0 aliphatic carbocycles. The lowest BCUT2D eigenvalue weighted by Crippen LogP contribution is -2.26. The fourth-order valence-electron chi connectivity index (χ4n) is 3.11. The quantitative estimate of drug-likeness (QED) is 0.393. The summed E-state index contributed by atoms with van der Waals surface area (Å²) in [4.78, 5) is 23.1. The van der Waals surface area contributed by atoms with Gasteiger partial charge in [0, 0.05) is 63.9 Å². The molecule has 164 valence electrons. The van der Waals surface area contributed by atoms with E-state index in [0.29, 0.717) is 23.7 Å². The van der Waals surface area contributed by atoms with Crippen LogP contribution in [0.15, 0.2) is 59.8 Å². The molecule has 0 atom stereocenters. The zero-order chi connectivity index (χ0) is 22.1. The van der Waals surface area contributed by atoms with E-state index in [-0.39, 0.29) is 30.6 Å². The van der Waals surface area contributed by atoms with Crippen molar-refractivity contribution in [3.8, 4) is 11.8 Å². The highest BCUT2D eigenvalue weighted by Crippen LogP contribution is 2.35. The van der Waals surface area contributed by atoms with Gasteiger partial charge in [0.25, 0.3) is 0 Å². The Kier molecular flexibility index (Phi) is 8.31.